The highest BCUT2D eigenvalue weighted by Gasteiger charge is 2.45. The van der Waals surface area contributed by atoms with Gasteiger partial charge >= 0.3 is 0 Å². The van der Waals surface area contributed by atoms with E-state index in [2.05, 4.69) is 159 Å². The molecular formula is C39H40O2P2. The number of hydrogen-bond donors (Lipinski definition) is 0. The van der Waals surface area contributed by atoms with E-state index in [1.165, 1.54) is 26.5 Å². The fourth-order valence-corrected chi connectivity index (χ4v) is 12.2. The van der Waals surface area contributed by atoms with Gasteiger partial charge in [0.15, 0.2) is 0 Å². The second kappa shape index (κ2) is 14.5. The Bertz CT molecular complexity index is 1450. The van der Waals surface area contributed by atoms with Crippen LogP contribution in [0, 0.1) is 11.8 Å². The molecule has 1 saturated heterocycles. The van der Waals surface area contributed by atoms with Gasteiger partial charge in [0.1, 0.15) is 5.76 Å². The van der Waals surface area contributed by atoms with Crippen LogP contribution in [0.5, 0.6) is 0 Å². The van der Waals surface area contributed by atoms with Crippen LogP contribution >= 0.6 is 15.8 Å². The van der Waals surface area contributed by atoms with E-state index in [0.717, 1.165) is 12.2 Å². The molecule has 6 rings (SSSR count). The number of benzene rings is 4. The van der Waals surface area contributed by atoms with Crippen LogP contribution in [0.4, 0.5) is 0 Å². The molecule has 1 aliphatic carbocycles. The van der Waals surface area contributed by atoms with Crippen molar-refractivity contribution >= 4 is 37.1 Å². The van der Waals surface area contributed by atoms with Gasteiger partial charge < -0.3 is 9.47 Å². The first kappa shape index (κ1) is 29.8. The number of hydrogen-bond acceptors (Lipinski definition) is 2. The molecule has 2 unspecified atom stereocenters. The van der Waals surface area contributed by atoms with Gasteiger partial charge in [-0.2, -0.15) is 0 Å². The summed E-state index contributed by atoms with van der Waals surface area (Å²) >= 11 is 0. The maximum Gasteiger partial charge on any atom is 0.101 e. The Morgan fingerprint density at radius 2 is 1.21 bits per heavy atom. The standard InChI is InChI=1S/C39H40O2P2/c1-3-36(42(31-18-8-4-9-19-31)32-20-10-5-11-21-32)38-30(2)40-28-17-29-41-35-26-16-27-37(39(35)38)43(33-22-12-6-13-23-33)34-24-14-7-15-25-34/h3-16,18-27,30,37-39H,17,28-29H2,1-2H3/b36-3+/t30?,37-,38-,39?/m0/s1. The molecule has 0 radical (unpaired) electrons. The molecule has 4 aromatic carbocycles. The van der Waals surface area contributed by atoms with Gasteiger partial charge in [0, 0.05) is 23.9 Å². The molecule has 4 atom stereocenters. The largest absolute Gasteiger partial charge is 0.497 e. The van der Waals surface area contributed by atoms with Gasteiger partial charge in [0.2, 0.25) is 0 Å². The van der Waals surface area contributed by atoms with Crippen LogP contribution in [0.2, 0.25) is 0 Å². The SMILES string of the molecule is C/C=C(\[C@@H]1C(C)OCCCOC2=CC=C[C@H](P(c3ccccc3)c3ccccc3)C21)P(c1ccccc1)c1ccccc1. The Balaban J connectivity index is 1.54. The monoisotopic (exact) mass is 602 g/mol. The van der Waals surface area contributed by atoms with Crippen LogP contribution < -0.4 is 21.2 Å². The Morgan fingerprint density at radius 1 is 0.698 bits per heavy atom. The summed E-state index contributed by atoms with van der Waals surface area (Å²) in [5.74, 6) is 1.37. The van der Waals surface area contributed by atoms with Gasteiger partial charge in [-0.05, 0) is 62.3 Å². The molecule has 4 heteroatoms. The predicted octanol–water partition coefficient (Wildman–Crippen LogP) is 8.04. The summed E-state index contributed by atoms with van der Waals surface area (Å²) < 4.78 is 13.4. The van der Waals surface area contributed by atoms with Gasteiger partial charge in [0.25, 0.3) is 0 Å². The minimum atomic E-state index is -0.791. The van der Waals surface area contributed by atoms with E-state index >= 15 is 0 Å². The molecule has 2 nitrogen and oxygen atoms in total. The third kappa shape index (κ3) is 6.63. The Kier molecular flexibility index (Phi) is 10.0. The molecule has 1 heterocycles. The summed E-state index contributed by atoms with van der Waals surface area (Å²) in [6.45, 7) is 5.90. The van der Waals surface area contributed by atoms with E-state index in [9.17, 15) is 0 Å². The first-order chi connectivity index (χ1) is 21.3. The number of rotatable bonds is 7. The summed E-state index contributed by atoms with van der Waals surface area (Å²) in [7, 11) is -1.52. The smallest absolute Gasteiger partial charge is 0.101 e. The van der Waals surface area contributed by atoms with Gasteiger partial charge in [-0.3, -0.25) is 0 Å². The lowest BCUT2D eigenvalue weighted by molar-refractivity contribution is 0.0277. The summed E-state index contributed by atoms with van der Waals surface area (Å²) in [6, 6.07) is 44.4. The Labute approximate surface area is 259 Å². The van der Waals surface area contributed by atoms with Crippen LogP contribution in [0.25, 0.3) is 0 Å². The Morgan fingerprint density at radius 3 is 1.72 bits per heavy atom. The van der Waals surface area contributed by atoms with Crippen molar-refractivity contribution in [3.05, 3.63) is 157 Å². The molecule has 4 aromatic rings. The topological polar surface area (TPSA) is 18.5 Å². The normalized spacial score (nSPS) is 22.6. The molecular weight excluding hydrogens is 562 g/mol. The van der Waals surface area contributed by atoms with Crippen molar-refractivity contribution in [3.63, 3.8) is 0 Å². The first-order valence-electron chi connectivity index (χ1n) is 15.3. The second-order valence-corrected chi connectivity index (χ2v) is 15.6. The highest BCUT2D eigenvalue weighted by atomic mass is 31.1. The Hall–Kier alpha value is -3.28. The molecule has 1 aliphatic heterocycles. The van der Waals surface area contributed by atoms with Crippen LogP contribution in [-0.4, -0.2) is 25.0 Å². The molecule has 43 heavy (non-hydrogen) atoms. The number of fused-ring (bicyclic) bond motifs is 1. The second-order valence-electron chi connectivity index (χ2n) is 11.0. The minimum Gasteiger partial charge on any atom is -0.497 e. The van der Waals surface area contributed by atoms with Crippen molar-refractivity contribution in [1.82, 2.24) is 0 Å². The van der Waals surface area contributed by atoms with E-state index in [0.29, 0.717) is 13.2 Å². The lowest BCUT2D eigenvalue weighted by Crippen LogP contribution is -2.40. The molecule has 1 fully saturated rings. The summed E-state index contributed by atoms with van der Waals surface area (Å²) in [5, 5.41) is 6.97. The van der Waals surface area contributed by atoms with Crippen molar-refractivity contribution < 1.29 is 9.47 Å². The lowest BCUT2D eigenvalue weighted by atomic mass is 9.81. The van der Waals surface area contributed by atoms with Crippen molar-refractivity contribution in [2.75, 3.05) is 13.2 Å². The summed E-state index contributed by atoms with van der Waals surface area (Å²) in [5.41, 5.74) is 0.243. The zero-order valence-corrected chi connectivity index (χ0v) is 26.8. The van der Waals surface area contributed by atoms with E-state index in [1.807, 2.05) is 0 Å². The van der Waals surface area contributed by atoms with E-state index in [-0.39, 0.29) is 23.6 Å². The fraction of sp³-hybridized carbons (Fsp3) is 0.231. The third-order valence-corrected chi connectivity index (χ3v) is 13.9. The van der Waals surface area contributed by atoms with Crippen molar-refractivity contribution in [2.45, 2.75) is 32.0 Å². The third-order valence-electron chi connectivity index (χ3n) is 8.39. The quantitative estimate of drug-likeness (QED) is 0.200. The first-order valence-corrected chi connectivity index (χ1v) is 18.1. The fourth-order valence-electron chi connectivity index (χ4n) is 6.52. The average Bonchev–Trinajstić information content (AvgIpc) is 3.14. The van der Waals surface area contributed by atoms with Crippen LogP contribution in [0.15, 0.2) is 157 Å². The van der Waals surface area contributed by atoms with Crippen molar-refractivity contribution in [2.24, 2.45) is 11.8 Å². The van der Waals surface area contributed by atoms with Crippen LogP contribution in [0.3, 0.4) is 0 Å². The number of ether oxygens (including phenoxy) is 2. The zero-order valence-electron chi connectivity index (χ0n) is 25.0. The van der Waals surface area contributed by atoms with Crippen molar-refractivity contribution in [3.8, 4) is 0 Å². The maximum atomic E-state index is 6.71. The highest BCUT2D eigenvalue weighted by molar-refractivity contribution is 7.76. The molecule has 0 aromatic heterocycles. The van der Waals surface area contributed by atoms with Gasteiger partial charge in [0.05, 0.1) is 19.3 Å². The van der Waals surface area contributed by atoms with E-state index in [1.54, 1.807) is 0 Å². The maximum absolute atomic E-state index is 6.71. The summed E-state index contributed by atoms with van der Waals surface area (Å²) in [6.07, 6.45) is 10.2. The molecule has 2 aliphatic rings. The van der Waals surface area contributed by atoms with Crippen LogP contribution in [-0.2, 0) is 9.47 Å². The number of allylic oxidation sites excluding steroid dienone is 5. The molecule has 0 N–H and O–H groups in total. The zero-order chi connectivity index (χ0) is 29.4. The van der Waals surface area contributed by atoms with Crippen LogP contribution in [0.1, 0.15) is 20.3 Å². The van der Waals surface area contributed by atoms with E-state index in [4.69, 9.17) is 9.47 Å². The minimum absolute atomic E-state index is 0.0242. The lowest BCUT2D eigenvalue weighted by Gasteiger charge is -2.43. The molecule has 0 bridgehead atoms. The molecule has 218 valence electrons. The van der Waals surface area contributed by atoms with Gasteiger partial charge in [-0.25, -0.2) is 0 Å². The molecule has 0 saturated carbocycles. The average molecular weight is 603 g/mol. The molecule has 0 amide bonds. The van der Waals surface area contributed by atoms with Gasteiger partial charge in [-0.15, -0.1) is 0 Å². The van der Waals surface area contributed by atoms with Gasteiger partial charge in [-0.1, -0.05) is 140 Å². The molecule has 0 spiro atoms. The predicted molar refractivity (Wildman–Crippen MR) is 186 cm³/mol. The van der Waals surface area contributed by atoms with E-state index < -0.39 is 15.8 Å². The summed E-state index contributed by atoms with van der Waals surface area (Å²) in [4.78, 5) is 0. The highest BCUT2D eigenvalue weighted by Crippen LogP contribution is 2.57. The van der Waals surface area contributed by atoms with Crippen molar-refractivity contribution in [1.29, 1.82) is 0 Å².